The Morgan fingerprint density at radius 2 is 1.58 bits per heavy atom. The van der Waals surface area contributed by atoms with Crippen molar-refractivity contribution >= 4 is 27.3 Å². The summed E-state index contributed by atoms with van der Waals surface area (Å²) in [4.78, 5) is 16.5. The van der Waals surface area contributed by atoms with Crippen LogP contribution in [0.1, 0.15) is 105 Å². The van der Waals surface area contributed by atoms with Crippen molar-refractivity contribution in [3.8, 4) is 11.3 Å². The predicted molar refractivity (Wildman–Crippen MR) is 178 cm³/mol. The van der Waals surface area contributed by atoms with Gasteiger partial charge in [0.25, 0.3) is 0 Å². The van der Waals surface area contributed by atoms with Crippen molar-refractivity contribution in [2.75, 3.05) is 0 Å². The molecule has 3 aromatic carbocycles. The van der Waals surface area contributed by atoms with Crippen LogP contribution in [0.15, 0.2) is 66.6 Å². The van der Waals surface area contributed by atoms with E-state index in [1.807, 2.05) is 33.9 Å². The second-order valence-electron chi connectivity index (χ2n) is 13.3. The number of ketones is 1. The van der Waals surface area contributed by atoms with Gasteiger partial charge in [-0.15, -0.1) is 23.3 Å². The number of allylic oxidation sites excluding steroid dienone is 2. The van der Waals surface area contributed by atoms with E-state index in [1.54, 1.807) is 0 Å². The Morgan fingerprint density at radius 3 is 2.19 bits per heavy atom. The Hall–Kier alpha value is -2.81. The fourth-order valence-electron chi connectivity index (χ4n) is 6.39. The van der Waals surface area contributed by atoms with E-state index in [4.69, 9.17) is 4.98 Å². The standard InChI is InChI=1S/C26H24N.C13H24O2.Ir/c1-25(2,3)18-14-17-12-13-27-24-20-11-10-16-8-6-7-9-19(16)23(20)26(4,5)21(15-18)22(17)24;1-5-10(6-2)12(14)9-13(15)11(7-3)8-4;/h6-10,12-15H,1-5H3;9-11,14H,5-8H2,1-4H3;/q-1;;/b;12-9-;. The number of aliphatic hydroxyl groups excluding tert-OH is 1. The fraction of sp³-hybridized carbons (Fsp3) is 0.436. The molecule has 231 valence electrons. The van der Waals surface area contributed by atoms with Crippen molar-refractivity contribution in [1.29, 1.82) is 0 Å². The fourth-order valence-corrected chi connectivity index (χ4v) is 6.39. The molecule has 3 nitrogen and oxygen atoms in total. The van der Waals surface area contributed by atoms with Gasteiger partial charge in [-0.25, -0.2) is 0 Å². The van der Waals surface area contributed by atoms with Crippen LogP contribution >= 0.6 is 0 Å². The summed E-state index contributed by atoms with van der Waals surface area (Å²) in [5, 5.41) is 14.9. The van der Waals surface area contributed by atoms with Gasteiger partial charge in [-0.1, -0.05) is 109 Å². The van der Waals surface area contributed by atoms with Crippen LogP contribution in [0.4, 0.5) is 0 Å². The third-order valence-electron chi connectivity index (χ3n) is 9.20. The molecule has 43 heavy (non-hydrogen) atoms. The molecule has 0 atom stereocenters. The molecule has 0 spiro atoms. The van der Waals surface area contributed by atoms with Crippen molar-refractivity contribution in [1.82, 2.24) is 4.98 Å². The Balaban J connectivity index is 0.000000274. The first-order valence-corrected chi connectivity index (χ1v) is 15.7. The number of nitrogens with zero attached hydrogens (tertiary/aromatic N) is 1. The van der Waals surface area contributed by atoms with Crippen LogP contribution in [0.25, 0.3) is 32.8 Å². The molecule has 4 heteroatoms. The Kier molecular flexibility index (Phi) is 11.2. The zero-order valence-electron chi connectivity index (χ0n) is 27.4. The first-order valence-electron chi connectivity index (χ1n) is 15.7. The van der Waals surface area contributed by atoms with Crippen molar-refractivity contribution in [3.05, 3.63) is 89.3 Å². The first-order chi connectivity index (χ1) is 19.9. The molecule has 0 bridgehead atoms. The number of fused-ring (bicyclic) bond motifs is 4. The van der Waals surface area contributed by atoms with Gasteiger partial charge in [-0.3, -0.25) is 4.79 Å². The number of hydrogen-bond donors (Lipinski definition) is 1. The molecule has 4 aromatic rings. The van der Waals surface area contributed by atoms with Crippen LogP contribution in [0.5, 0.6) is 0 Å². The topological polar surface area (TPSA) is 50.2 Å². The number of pyridine rings is 1. The summed E-state index contributed by atoms with van der Waals surface area (Å²) in [5.41, 5.74) is 6.33. The second kappa shape index (κ2) is 13.9. The van der Waals surface area contributed by atoms with E-state index >= 15 is 0 Å². The van der Waals surface area contributed by atoms with Gasteiger partial charge in [0.2, 0.25) is 0 Å². The maximum absolute atomic E-state index is 11.7. The maximum Gasteiger partial charge on any atom is 0.162 e. The molecule has 1 N–H and O–H groups in total. The van der Waals surface area contributed by atoms with Crippen molar-refractivity contribution in [2.45, 2.75) is 98.8 Å². The minimum Gasteiger partial charge on any atom is -0.512 e. The summed E-state index contributed by atoms with van der Waals surface area (Å²) < 4.78 is 0. The molecule has 5 rings (SSSR count). The van der Waals surface area contributed by atoms with Crippen LogP contribution in [0.2, 0.25) is 0 Å². The number of rotatable bonds is 7. The number of carbonyl (C=O) groups excluding carboxylic acids is 1. The molecular weight excluding hydrogens is 707 g/mol. The smallest absolute Gasteiger partial charge is 0.162 e. The Labute approximate surface area is 272 Å². The van der Waals surface area contributed by atoms with E-state index in [0.717, 1.165) is 36.9 Å². The van der Waals surface area contributed by atoms with Gasteiger partial charge in [-0.2, -0.15) is 0 Å². The van der Waals surface area contributed by atoms with Gasteiger partial charge < -0.3 is 10.1 Å². The summed E-state index contributed by atoms with van der Waals surface area (Å²) in [6.45, 7) is 19.6. The Morgan fingerprint density at radius 1 is 0.953 bits per heavy atom. The zero-order valence-corrected chi connectivity index (χ0v) is 29.8. The van der Waals surface area contributed by atoms with Gasteiger partial charge in [0.1, 0.15) is 0 Å². The normalized spacial score (nSPS) is 13.9. The van der Waals surface area contributed by atoms with Crippen molar-refractivity contribution < 1.29 is 30.0 Å². The van der Waals surface area contributed by atoms with E-state index < -0.39 is 0 Å². The van der Waals surface area contributed by atoms with Gasteiger partial charge in [0, 0.05) is 44.2 Å². The summed E-state index contributed by atoms with van der Waals surface area (Å²) in [6, 6.07) is 21.2. The average Bonchev–Trinajstić information content (AvgIpc) is 2.96. The summed E-state index contributed by atoms with van der Waals surface area (Å²) in [6.07, 6.45) is 6.85. The predicted octanol–water partition coefficient (Wildman–Crippen LogP) is 10.7. The van der Waals surface area contributed by atoms with Crippen LogP contribution in [0, 0.1) is 17.9 Å². The molecule has 0 aliphatic heterocycles. The largest absolute Gasteiger partial charge is 0.512 e. The van der Waals surface area contributed by atoms with Crippen LogP contribution in [-0.4, -0.2) is 15.9 Å². The molecule has 1 radical (unpaired) electrons. The number of carbonyl (C=O) groups is 1. The SMILES string of the molecule is CC(C)(C)c1cc2c3c(nccc3c1)-c1[c-]cc3ccccc3c1C2(C)C.CCC(CC)C(=O)/C=C(\O)C(CC)CC.[Ir]. The van der Waals surface area contributed by atoms with Crippen LogP contribution < -0.4 is 0 Å². The number of aliphatic hydroxyl groups is 1. The molecular formula is C39H48IrNO2-. The molecule has 0 saturated heterocycles. The van der Waals surface area contributed by atoms with E-state index in [1.165, 1.54) is 44.3 Å². The van der Waals surface area contributed by atoms with Crippen LogP contribution in [-0.2, 0) is 35.7 Å². The van der Waals surface area contributed by atoms with Crippen molar-refractivity contribution in [2.24, 2.45) is 11.8 Å². The van der Waals surface area contributed by atoms with Gasteiger partial charge >= 0.3 is 0 Å². The summed E-state index contributed by atoms with van der Waals surface area (Å²) in [5.74, 6) is 0.547. The van der Waals surface area contributed by atoms with Gasteiger partial charge in [0.15, 0.2) is 5.78 Å². The van der Waals surface area contributed by atoms with Crippen LogP contribution in [0.3, 0.4) is 0 Å². The second-order valence-corrected chi connectivity index (χ2v) is 13.3. The first kappa shape index (κ1) is 34.7. The Bertz CT molecular complexity index is 1620. The maximum atomic E-state index is 11.7. The number of benzene rings is 3. The van der Waals surface area contributed by atoms with E-state index in [2.05, 4.69) is 89.2 Å². The van der Waals surface area contributed by atoms with E-state index in [-0.39, 0.29) is 54.3 Å². The monoisotopic (exact) mass is 755 g/mol. The third-order valence-corrected chi connectivity index (χ3v) is 9.20. The molecule has 1 aliphatic carbocycles. The van der Waals surface area contributed by atoms with Crippen molar-refractivity contribution in [3.63, 3.8) is 0 Å². The molecule has 0 fully saturated rings. The minimum atomic E-state index is -0.109. The van der Waals surface area contributed by atoms with E-state index in [9.17, 15) is 9.90 Å². The minimum absolute atomic E-state index is 0. The summed E-state index contributed by atoms with van der Waals surface area (Å²) >= 11 is 0. The zero-order chi connectivity index (χ0) is 30.8. The molecule has 1 aliphatic rings. The molecule has 0 amide bonds. The molecule has 0 saturated carbocycles. The average molecular weight is 755 g/mol. The summed E-state index contributed by atoms with van der Waals surface area (Å²) in [7, 11) is 0. The van der Waals surface area contributed by atoms with E-state index in [0.29, 0.717) is 0 Å². The van der Waals surface area contributed by atoms with Gasteiger partial charge in [-0.05, 0) is 70.2 Å². The quantitative estimate of drug-likeness (QED) is 0.116. The third kappa shape index (κ3) is 6.81. The molecule has 0 unspecified atom stereocenters. The number of hydrogen-bond acceptors (Lipinski definition) is 3. The molecule has 1 aromatic heterocycles. The van der Waals surface area contributed by atoms with Gasteiger partial charge in [0.05, 0.1) is 5.76 Å². The molecule has 1 heterocycles. The number of aromatic nitrogens is 1.